The van der Waals surface area contributed by atoms with Crippen LogP contribution in [0.2, 0.25) is 0 Å². The molecular weight excluding hydrogens is 242 g/mol. The van der Waals surface area contributed by atoms with Gasteiger partial charge in [0.25, 0.3) is 0 Å². The summed E-state index contributed by atoms with van der Waals surface area (Å²) < 4.78 is 0. The van der Waals surface area contributed by atoms with Crippen LogP contribution in [0.3, 0.4) is 0 Å². The van der Waals surface area contributed by atoms with Gasteiger partial charge in [-0.3, -0.25) is 5.43 Å². The summed E-state index contributed by atoms with van der Waals surface area (Å²) in [4.78, 5) is 0.390. The van der Waals surface area contributed by atoms with E-state index in [2.05, 4.69) is 10.5 Å². The molecule has 0 saturated carbocycles. The van der Waals surface area contributed by atoms with Crippen molar-refractivity contribution < 1.29 is 0 Å². The van der Waals surface area contributed by atoms with Crippen LogP contribution in [0.5, 0.6) is 0 Å². The van der Waals surface area contributed by atoms with Gasteiger partial charge in [0, 0.05) is 5.56 Å². The highest BCUT2D eigenvalue weighted by Crippen LogP contribution is 2.06. The molecule has 0 aliphatic heterocycles. The fourth-order valence-electron chi connectivity index (χ4n) is 1.47. The van der Waals surface area contributed by atoms with E-state index in [1.165, 1.54) is 0 Å². The Bertz CT molecular complexity index is 564. The van der Waals surface area contributed by atoms with Crippen molar-refractivity contribution in [2.45, 2.75) is 0 Å². The number of nitrogens with one attached hydrogen (secondary N) is 1. The van der Waals surface area contributed by atoms with Crippen LogP contribution in [0.25, 0.3) is 0 Å². The molecule has 0 spiro atoms. The molecular formula is C14H13N3S. The molecule has 2 aromatic carbocycles. The monoisotopic (exact) mass is 255 g/mol. The van der Waals surface area contributed by atoms with Crippen LogP contribution in [0.15, 0.2) is 59.7 Å². The first-order valence-corrected chi connectivity index (χ1v) is 5.90. The highest BCUT2D eigenvalue weighted by Gasteiger charge is 1.96. The molecule has 2 rings (SSSR count). The van der Waals surface area contributed by atoms with Crippen molar-refractivity contribution in [1.29, 1.82) is 0 Å². The van der Waals surface area contributed by atoms with Gasteiger partial charge in [-0.05, 0) is 23.8 Å². The lowest BCUT2D eigenvalue weighted by Gasteiger charge is -2.00. The number of benzene rings is 2. The number of hydrogen-bond donors (Lipinski definition) is 2. The van der Waals surface area contributed by atoms with E-state index in [9.17, 15) is 0 Å². The van der Waals surface area contributed by atoms with Crippen molar-refractivity contribution in [2.75, 3.05) is 5.43 Å². The second-order valence-electron chi connectivity index (χ2n) is 3.73. The highest BCUT2D eigenvalue weighted by atomic mass is 32.1. The van der Waals surface area contributed by atoms with Gasteiger partial charge >= 0.3 is 0 Å². The zero-order valence-electron chi connectivity index (χ0n) is 9.71. The fraction of sp³-hybridized carbons (Fsp3) is 0. The lowest BCUT2D eigenvalue weighted by atomic mass is 10.1. The van der Waals surface area contributed by atoms with Gasteiger partial charge in [-0.25, -0.2) is 0 Å². The van der Waals surface area contributed by atoms with E-state index in [4.69, 9.17) is 18.0 Å². The Morgan fingerprint density at radius 3 is 2.61 bits per heavy atom. The largest absolute Gasteiger partial charge is 0.389 e. The van der Waals surface area contributed by atoms with E-state index in [-0.39, 0.29) is 0 Å². The first-order chi connectivity index (χ1) is 8.75. The highest BCUT2D eigenvalue weighted by molar-refractivity contribution is 7.80. The van der Waals surface area contributed by atoms with Crippen molar-refractivity contribution in [1.82, 2.24) is 0 Å². The summed E-state index contributed by atoms with van der Waals surface area (Å²) in [6.45, 7) is 0. The third-order valence-electron chi connectivity index (χ3n) is 2.35. The van der Waals surface area contributed by atoms with Crippen molar-refractivity contribution in [3.8, 4) is 0 Å². The summed E-state index contributed by atoms with van der Waals surface area (Å²) in [5, 5.41) is 4.15. The Balaban J connectivity index is 2.05. The summed E-state index contributed by atoms with van der Waals surface area (Å²) in [6, 6.07) is 17.4. The molecule has 0 aliphatic carbocycles. The van der Waals surface area contributed by atoms with Gasteiger partial charge in [-0.2, -0.15) is 5.10 Å². The van der Waals surface area contributed by atoms with Crippen LogP contribution < -0.4 is 11.2 Å². The molecule has 0 aromatic heterocycles. The number of hydrogen-bond acceptors (Lipinski definition) is 3. The normalized spacial score (nSPS) is 10.4. The first-order valence-electron chi connectivity index (χ1n) is 5.50. The van der Waals surface area contributed by atoms with Crippen LogP contribution in [0.1, 0.15) is 11.1 Å². The summed E-state index contributed by atoms with van der Waals surface area (Å²) in [6.07, 6.45) is 1.73. The molecule has 0 unspecified atom stereocenters. The third kappa shape index (κ3) is 3.40. The fourth-order valence-corrected chi connectivity index (χ4v) is 1.59. The van der Waals surface area contributed by atoms with Gasteiger partial charge < -0.3 is 5.73 Å². The van der Waals surface area contributed by atoms with Crippen molar-refractivity contribution in [3.63, 3.8) is 0 Å². The molecule has 2 aromatic rings. The van der Waals surface area contributed by atoms with E-state index >= 15 is 0 Å². The lowest BCUT2D eigenvalue weighted by molar-refractivity contribution is 1.35. The summed E-state index contributed by atoms with van der Waals surface area (Å²) in [7, 11) is 0. The van der Waals surface area contributed by atoms with Gasteiger partial charge in [0.2, 0.25) is 0 Å². The molecule has 0 atom stereocenters. The van der Waals surface area contributed by atoms with Crippen LogP contribution in [0, 0.1) is 0 Å². The van der Waals surface area contributed by atoms with Gasteiger partial charge in [-0.1, -0.05) is 48.6 Å². The molecule has 0 aliphatic rings. The Hall–Kier alpha value is -2.20. The Morgan fingerprint density at radius 1 is 1.11 bits per heavy atom. The maximum absolute atomic E-state index is 5.57. The lowest BCUT2D eigenvalue weighted by Crippen LogP contribution is -2.09. The maximum Gasteiger partial charge on any atom is 0.104 e. The molecule has 0 radical (unpaired) electrons. The molecule has 0 saturated heterocycles. The van der Waals surface area contributed by atoms with Gasteiger partial charge in [0.1, 0.15) is 4.99 Å². The van der Waals surface area contributed by atoms with Crippen molar-refractivity contribution in [2.24, 2.45) is 10.8 Å². The van der Waals surface area contributed by atoms with Crippen molar-refractivity contribution >= 4 is 29.1 Å². The average Bonchev–Trinajstić information content (AvgIpc) is 2.40. The number of thiocarbonyl (C=S) groups is 1. The minimum Gasteiger partial charge on any atom is -0.389 e. The number of anilines is 1. The minimum absolute atomic E-state index is 0.390. The van der Waals surface area contributed by atoms with Gasteiger partial charge in [0.15, 0.2) is 0 Å². The smallest absolute Gasteiger partial charge is 0.104 e. The van der Waals surface area contributed by atoms with Crippen molar-refractivity contribution in [3.05, 3.63) is 65.7 Å². The molecule has 4 heteroatoms. The number of nitrogens with two attached hydrogens (primary N) is 1. The topological polar surface area (TPSA) is 50.4 Å². The molecule has 90 valence electrons. The Morgan fingerprint density at radius 2 is 1.89 bits per heavy atom. The molecule has 0 bridgehead atoms. The van der Waals surface area contributed by atoms with Gasteiger partial charge in [-0.15, -0.1) is 0 Å². The standard InChI is InChI=1S/C14H13N3S/c15-14(18)12-6-4-5-11(9-12)10-16-17-13-7-2-1-3-8-13/h1-10,17H,(H2,15,18). The zero-order chi connectivity index (χ0) is 12.8. The van der Waals surface area contributed by atoms with Crippen LogP contribution in [-0.4, -0.2) is 11.2 Å². The van der Waals surface area contributed by atoms with Gasteiger partial charge in [0.05, 0.1) is 11.9 Å². The van der Waals surface area contributed by atoms with Crippen LogP contribution >= 0.6 is 12.2 Å². The Kier molecular flexibility index (Phi) is 4.04. The van der Waals surface area contributed by atoms with E-state index in [1.54, 1.807) is 6.21 Å². The minimum atomic E-state index is 0.390. The summed E-state index contributed by atoms with van der Waals surface area (Å²) >= 11 is 4.93. The quantitative estimate of drug-likeness (QED) is 0.502. The summed E-state index contributed by atoms with van der Waals surface area (Å²) in [5.74, 6) is 0. The number of hydrazone groups is 1. The van der Waals surface area contributed by atoms with E-state index < -0.39 is 0 Å². The number of para-hydroxylation sites is 1. The summed E-state index contributed by atoms with van der Waals surface area (Å²) in [5.41, 5.74) is 11.3. The predicted octanol–water partition coefficient (Wildman–Crippen LogP) is 2.77. The second kappa shape index (κ2) is 5.93. The molecule has 18 heavy (non-hydrogen) atoms. The third-order valence-corrected chi connectivity index (χ3v) is 2.59. The van der Waals surface area contributed by atoms with Crippen LogP contribution in [-0.2, 0) is 0 Å². The van der Waals surface area contributed by atoms with E-state index in [0.717, 1.165) is 16.8 Å². The average molecular weight is 255 g/mol. The molecule has 0 amide bonds. The maximum atomic E-state index is 5.57. The Labute approximate surface area is 111 Å². The molecule has 0 heterocycles. The van der Waals surface area contributed by atoms with E-state index in [0.29, 0.717) is 4.99 Å². The number of nitrogens with zero attached hydrogens (tertiary/aromatic N) is 1. The molecule has 0 fully saturated rings. The first kappa shape index (κ1) is 12.3. The zero-order valence-corrected chi connectivity index (χ0v) is 10.5. The van der Waals surface area contributed by atoms with Crippen LogP contribution in [0.4, 0.5) is 5.69 Å². The van der Waals surface area contributed by atoms with E-state index in [1.807, 2.05) is 54.6 Å². The molecule has 3 nitrogen and oxygen atoms in total. The molecule has 3 N–H and O–H groups in total. The number of rotatable bonds is 4. The second-order valence-corrected chi connectivity index (χ2v) is 4.17. The predicted molar refractivity (Wildman–Crippen MR) is 80.0 cm³/mol. The SMILES string of the molecule is NC(=S)c1cccc(C=NNc2ccccc2)c1.